The molecule has 1 aromatic heterocycles. The van der Waals surface area contributed by atoms with Crippen LogP contribution in [0.1, 0.15) is 30.8 Å². The van der Waals surface area contributed by atoms with Crippen molar-refractivity contribution in [3.05, 3.63) is 42.2 Å². The van der Waals surface area contributed by atoms with Gasteiger partial charge in [0.15, 0.2) is 0 Å². The smallest absolute Gasteiger partial charge is 0.270 e. The lowest BCUT2D eigenvalue weighted by Crippen LogP contribution is -2.30. The molecule has 1 unspecified atom stereocenters. The van der Waals surface area contributed by atoms with Crippen LogP contribution in [-0.2, 0) is 0 Å². The zero-order chi connectivity index (χ0) is 14.5. The Balaban J connectivity index is 2.08. The highest BCUT2D eigenvalue weighted by molar-refractivity contribution is 9.09. The molecule has 0 fully saturated rings. The van der Waals surface area contributed by atoms with Crippen molar-refractivity contribution in [3.63, 3.8) is 0 Å². The van der Waals surface area contributed by atoms with Crippen LogP contribution < -0.4 is 5.32 Å². The average Bonchev–Trinajstić information content (AvgIpc) is 2.43. The summed E-state index contributed by atoms with van der Waals surface area (Å²) in [5.41, 5.74) is 0.493. The number of amides is 1. The molecule has 0 aliphatic carbocycles. The van der Waals surface area contributed by atoms with Crippen molar-refractivity contribution < 1.29 is 4.79 Å². The third-order valence-corrected chi connectivity index (χ3v) is 3.80. The van der Waals surface area contributed by atoms with E-state index in [4.69, 9.17) is 0 Å². The van der Waals surface area contributed by atoms with Gasteiger partial charge in [-0.3, -0.25) is 9.78 Å². The van der Waals surface area contributed by atoms with E-state index < -0.39 is 0 Å². The van der Waals surface area contributed by atoms with Crippen molar-refractivity contribution >= 4 is 32.6 Å². The molecule has 0 radical (unpaired) electrons. The van der Waals surface area contributed by atoms with Crippen molar-refractivity contribution in [2.45, 2.75) is 25.1 Å². The number of carbonyl (C=O) groups is 1. The zero-order valence-electron chi connectivity index (χ0n) is 11.8. The van der Waals surface area contributed by atoms with E-state index in [-0.39, 0.29) is 5.91 Å². The minimum atomic E-state index is -0.116. The monoisotopic (exact) mass is 334 g/mol. The highest BCUT2D eigenvalue weighted by atomic mass is 79.9. The molecule has 3 nitrogen and oxygen atoms in total. The quantitative estimate of drug-likeness (QED) is 0.845. The number of benzene rings is 1. The second-order valence-electron chi connectivity index (χ2n) is 5.32. The van der Waals surface area contributed by atoms with Gasteiger partial charge in [-0.15, -0.1) is 0 Å². The minimum absolute atomic E-state index is 0.116. The Morgan fingerprint density at radius 1 is 1.30 bits per heavy atom. The first kappa shape index (κ1) is 15.0. The molecule has 2 aromatic rings. The summed E-state index contributed by atoms with van der Waals surface area (Å²) < 4.78 is 0. The molecule has 0 aliphatic rings. The lowest BCUT2D eigenvalue weighted by Gasteiger charge is -2.13. The van der Waals surface area contributed by atoms with Crippen molar-refractivity contribution in [2.75, 3.05) is 6.54 Å². The molecule has 20 heavy (non-hydrogen) atoms. The summed E-state index contributed by atoms with van der Waals surface area (Å²) in [6.45, 7) is 4.95. The highest BCUT2D eigenvalue weighted by Gasteiger charge is 2.13. The number of carbonyl (C=O) groups excluding carboxylic acids is 1. The molecular formula is C16H19BrN2O. The first-order chi connectivity index (χ1) is 9.58. The summed E-state index contributed by atoms with van der Waals surface area (Å²) in [6, 6.07) is 9.71. The van der Waals surface area contributed by atoms with E-state index in [1.54, 1.807) is 6.20 Å². The van der Waals surface area contributed by atoms with Gasteiger partial charge in [0.25, 0.3) is 5.91 Å². The molecule has 1 amide bonds. The fourth-order valence-corrected chi connectivity index (χ4v) is 3.09. The van der Waals surface area contributed by atoms with Crippen LogP contribution in [0.5, 0.6) is 0 Å². The fourth-order valence-electron chi connectivity index (χ4n) is 2.18. The summed E-state index contributed by atoms with van der Waals surface area (Å²) in [6.07, 6.45) is 2.71. The van der Waals surface area contributed by atoms with Gasteiger partial charge < -0.3 is 5.32 Å². The third kappa shape index (κ3) is 3.79. The maximum absolute atomic E-state index is 12.3. The largest absolute Gasteiger partial charge is 0.350 e. The SMILES string of the molecule is CC(C)CC(Br)CNC(=O)c1nccc2ccccc12. The predicted molar refractivity (Wildman–Crippen MR) is 86.2 cm³/mol. The van der Waals surface area contributed by atoms with E-state index in [9.17, 15) is 4.79 Å². The molecule has 106 valence electrons. The Bertz CT molecular complexity index is 593. The van der Waals surface area contributed by atoms with Gasteiger partial charge in [-0.25, -0.2) is 0 Å². The lowest BCUT2D eigenvalue weighted by atomic mass is 10.1. The summed E-state index contributed by atoms with van der Waals surface area (Å²) in [5.74, 6) is 0.488. The van der Waals surface area contributed by atoms with Crippen LogP contribution in [-0.4, -0.2) is 22.3 Å². The Hall–Kier alpha value is -1.42. The highest BCUT2D eigenvalue weighted by Crippen LogP contribution is 2.16. The number of nitrogens with zero attached hydrogens (tertiary/aromatic N) is 1. The van der Waals surface area contributed by atoms with E-state index in [1.807, 2.05) is 30.3 Å². The van der Waals surface area contributed by atoms with Gasteiger partial charge in [0.05, 0.1) is 0 Å². The maximum atomic E-state index is 12.3. The van der Waals surface area contributed by atoms with Crippen molar-refractivity contribution in [3.8, 4) is 0 Å². The molecule has 1 N–H and O–H groups in total. The fraction of sp³-hybridized carbons (Fsp3) is 0.375. The standard InChI is InChI=1S/C16H19BrN2O/c1-11(2)9-13(17)10-19-16(20)15-14-6-4-3-5-12(14)7-8-18-15/h3-8,11,13H,9-10H2,1-2H3,(H,19,20). The Kier molecular flexibility index (Phi) is 5.12. The van der Waals surface area contributed by atoms with E-state index in [0.29, 0.717) is 23.0 Å². The van der Waals surface area contributed by atoms with Crippen LogP contribution in [0.15, 0.2) is 36.5 Å². The number of rotatable bonds is 5. The molecule has 1 atom stereocenters. The van der Waals surface area contributed by atoms with Crippen molar-refractivity contribution in [1.29, 1.82) is 0 Å². The number of hydrogen-bond donors (Lipinski definition) is 1. The normalized spacial score (nSPS) is 12.6. The van der Waals surface area contributed by atoms with Crippen LogP contribution in [0, 0.1) is 5.92 Å². The van der Waals surface area contributed by atoms with Gasteiger partial charge in [0.1, 0.15) is 5.69 Å². The first-order valence-corrected chi connectivity index (χ1v) is 7.75. The van der Waals surface area contributed by atoms with Crippen LogP contribution in [0.4, 0.5) is 0 Å². The number of pyridine rings is 1. The van der Waals surface area contributed by atoms with Gasteiger partial charge in [-0.05, 0) is 23.8 Å². The van der Waals surface area contributed by atoms with E-state index in [2.05, 4.69) is 40.1 Å². The molecule has 1 aromatic carbocycles. The molecule has 0 saturated carbocycles. The van der Waals surface area contributed by atoms with E-state index >= 15 is 0 Å². The van der Waals surface area contributed by atoms with Gasteiger partial charge in [0.2, 0.25) is 0 Å². The summed E-state index contributed by atoms with van der Waals surface area (Å²) in [4.78, 5) is 16.8. The van der Waals surface area contributed by atoms with E-state index in [0.717, 1.165) is 17.2 Å². The molecule has 0 saturated heterocycles. The zero-order valence-corrected chi connectivity index (χ0v) is 13.4. The van der Waals surface area contributed by atoms with Crippen LogP contribution in [0.3, 0.4) is 0 Å². The molecule has 0 spiro atoms. The molecule has 4 heteroatoms. The number of hydrogen-bond acceptors (Lipinski definition) is 2. The van der Waals surface area contributed by atoms with Gasteiger partial charge in [-0.1, -0.05) is 54.0 Å². The van der Waals surface area contributed by atoms with Crippen LogP contribution in [0.2, 0.25) is 0 Å². The number of aromatic nitrogens is 1. The summed E-state index contributed by atoms with van der Waals surface area (Å²) >= 11 is 3.59. The first-order valence-electron chi connectivity index (χ1n) is 6.84. The number of halogens is 1. The number of fused-ring (bicyclic) bond motifs is 1. The predicted octanol–water partition coefficient (Wildman–Crippen LogP) is 3.77. The average molecular weight is 335 g/mol. The van der Waals surface area contributed by atoms with E-state index in [1.165, 1.54) is 0 Å². The van der Waals surface area contributed by atoms with Crippen molar-refractivity contribution in [1.82, 2.24) is 10.3 Å². The van der Waals surface area contributed by atoms with Gasteiger partial charge >= 0.3 is 0 Å². The molecule has 1 heterocycles. The topological polar surface area (TPSA) is 42.0 Å². The Labute approximate surface area is 127 Å². The third-order valence-electron chi connectivity index (χ3n) is 3.10. The molecule has 2 rings (SSSR count). The summed E-state index contributed by atoms with van der Waals surface area (Å²) in [5, 5.41) is 4.87. The van der Waals surface area contributed by atoms with Gasteiger partial charge in [-0.2, -0.15) is 0 Å². The molecule has 0 bridgehead atoms. The Morgan fingerprint density at radius 3 is 2.80 bits per heavy atom. The van der Waals surface area contributed by atoms with Crippen LogP contribution in [0.25, 0.3) is 10.8 Å². The summed E-state index contributed by atoms with van der Waals surface area (Å²) in [7, 11) is 0. The second-order valence-corrected chi connectivity index (χ2v) is 6.61. The molecule has 0 aliphatic heterocycles. The van der Waals surface area contributed by atoms with Crippen molar-refractivity contribution in [2.24, 2.45) is 5.92 Å². The second kappa shape index (κ2) is 6.84. The maximum Gasteiger partial charge on any atom is 0.270 e. The number of alkyl halides is 1. The minimum Gasteiger partial charge on any atom is -0.350 e. The Morgan fingerprint density at radius 2 is 2.05 bits per heavy atom. The lowest BCUT2D eigenvalue weighted by molar-refractivity contribution is 0.0950. The number of nitrogens with one attached hydrogen (secondary N) is 1. The molecular weight excluding hydrogens is 316 g/mol. The van der Waals surface area contributed by atoms with Crippen LogP contribution >= 0.6 is 15.9 Å². The van der Waals surface area contributed by atoms with Gasteiger partial charge in [0, 0.05) is 23.0 Å².